The van der Waals surface area contributed by atoms with E-state index in [4.69, 9.17) is 27.6 Å². The molecular weight excluding hydrogens is 643 g/mol. The van der Waals surface area contributed by atoms with Crippen LogP contribution in [0.3, 0.4) is 0 Å². The van der Waals surface area contributed by atoms with Crippen LogP contribution in [0, 0.1) is 13.8 Å². The molecule has 0 amide bonds. The summed E-state index contributed by atoms with van der Waals surface area (Å²) in [5, 5.41) is 2.14. The number of hydrogen-bond acceptors (Lipinski definition) is 3. The summed E-state index contributed by atoms with van der Waals surface area (Å²) in [7, 11) is 0. The molecule has 244 valence electrons. The number of fused-ring (bicyclic) bond motifs is 1. The van der Waals surface area contributed by atoms with Crippen molar-refractivity contribution >= 4 is 68.3 Å². The third-order valence-electron chi connectivity index (χ3n) is 8.98. The first-order chi connectivity index (χ1) is 23.6. The van der Waals surface area contributed by atoms with Crippen LogP contribution in [-0.2, 0) is 5.41 Å². The maximum Gasteiger partial charge on any atom is 0.135 e. The van der Waals surface area contributed by atoms with Crippen LogP contribution in [0.5, 0.6) is 0 Å². The Labute approximate surface area is 299 Å². The summed E-state index contributed by atoms with van der Waals surface area (Å²) in [5.74, 6) is 0.846. The Balaban J connectivity index is 1.38. The molecule has 0 saturated carbocycles. The van der Waals surface area contributed by atoms with Crippen molar-refractivity contribution in [1.29, 1.82) is 0 Å². The van der Waals surface area contributed by atoms with Crippen LogP contribution >= 0.6 is 23.2 Å². The minimum atomic E-state index is -0.129. The molecule has 0 N–H and O–H groups in total. The van der Waals surface area contributed by atoms with Crippen molar-refractivity contribution in [3.8, 4) is 11.3 Å². The fourth-order valence-corrected chi connectivity index (χ4v) is 6.82. The number of hydrogen-bond donors (Lipinski definition) is 0. The van der Waals surface area contributed by atoms with E-state index in [0.29, 0.717) is 10.0 Å². The topological polar surface area (TPSA) is 19.6 Å². The van der Waals surface area contributed by atoms with Gasteiger partial charge in [-0.2, -0.15) is 0 Å². The standard InChI is InChI=1S/C44H38Cl2N2O/c1-29-13-11-14-30(2)43(29)48(39-27-33(44(3,4)5)26-38(45)42(39)46)37-19-12-18-36(28-37)47(34-16-7-6-8-17-34)35-23-21-31(22-24-35)41-25-32-15-9-10-20-40(32)49-41/h6-28H,1-5H3. The Morgan fingerprint density at radius 2 is 1.14 bits per heavy atom. The van der Waals surface area contributed by atoms with E-state index in [9.17, 15) is 0 Å². The predicted octanol–water partition coefficient (Wildman–Crippen LogP) is 14.3. The number of rotatable bonds is 7. The molecule has 0 bridgehead atoms. The number of benzene rings is 6. The minimum absolute atomic E-state index is 0.129. The van der Waals surface area contributed by atoms with E-state index in [1.165, 1.54) is 0 Å². The van der Waals surface area contributed by atoms with Crippen molar-refractivity contribution in [3.05, 3.63) is 166 Å². The molecule has 6 aromatic carbocycles. The SMILES string of the molecule is Cc1cccc(C)c1N(c1cccc(N(c2ccccc2)c2ccc(-c3cc4ccccc4o3)cc2)c1)c1cc(C(C)(C)C)cc(Cl)c1Cl. The van der Waals surface area contributed by atoms with Gasteiger partial charge in [-0.05, 0) is 115 Å². The molecule has 49 heavy (non-hydrogen) atoms. The molecule has 0 saturated heterocycles. The highest BCUT2D eigenvalue weighted by Crippen LogP contribution is 2.47. The third kappa shape index (κ3) is 6.45. The third-order valence-corrected chi connectivity index (χ3v) is 9.77. The van der Waals surface area contributed by atoms with Crippen LogP contribution < -0.4 is 9.80 Å². The number of para-hydroxylation sites is 3. The number of anilines is 6. The van der Waals surface area contributed by atoms with Crippen molar-refractivity contribution in [1.82, 2.24) is 0 Å². The average Bonchev–Trinajstić information content (AvgIpc) is 3.53. The normalized spacial score (nSPS) is 11.6. The zero-order chi connectivity index (χ0) is 34.3. The summed E-state index contributed by atoms with van der Waals surface area (Å²) in [5.41, 5.74) is 11.1. The maximum atomic E-state index is 7.11. The smallest absolute Gasteiger partial charge is 0.135 e. The van der Waals surface area contributed by atoms with Crippen LogP contribution in [0.4, 0.5) is 34.1 Å². The van der Waals surface area contributed by atoms with E-state index >= 15 is 0 Å². The van der Waals surface area contributed by atoms with Gasteiger partial charge in [-0.3, -0.25) is 0 Å². The van der Waals surface area contributed by atoms with Crippen molar-refractivity contribution in [2.45, 2.75) is 40.0 Å². The van der Waals surface area contributed by atoms with Crippen LogP contribution in [0.2, 0.25) is 10.0 Å². The van der Waals surface area contributed by atoms with Crippen LogP contribution in [0.25, 0.3) is 22.3 Å². The second kappa shape index (κ2) is 13.2. The summed E-state index contributed by atoms with van der Waals surface area (Å²) < 4.78 is 6.18. The Morgan fingerprint density at radius 3 is 1.82 bits per heavy atom. The van der Waals surface area contributed by atoms with Crippen LogP contribution in [0.15, 0.2) is 144 Å². The van der Waals surface area contributed by atoms with E-state index in [-0.39, 0.29) is 5.41 Å². The number of furan rings is 1. The zero-order valence-electron chi connectivity index (χ0n) is 28.3. The molecule has 0 radical (unpaired) electrons. The lowest BCUT2D eigenvalue weighted by Gasteiger charge is -2.33. The Morgan fingerprint density at radius 1 is 0.551 bits per heavy atom. The molecule has 5 heteroatoms. The van der Waals surface area contributed by atoms with Gasteiger partial charge in [-0.15, -0.1) is 0 Å². The van der Waals surface area contributed by atoms with Gasteiger partial charge in [0.2, 0.25) is 0 Å². The molecule has 0 aliphatic carbocycles. The molecule has 0 fully saturated rings. The molecule has 0 atom stereocenters. The second-order valence-electron chi connectivity index (χ2n) is 13.5. The van der Waals surface area contributed by atoms with E-state index in [1.807, 2.05) is 30.3 Å². The molecule has 7 aromatic rings. The summed E-state index contributed by atoms with van der Waals surface area (Å²) >= 11 is 14.0. The molecule has 0 spiro atoms. The average molecular weight is 682 g/mol. The lowest BCUT2D eigenvalue weighted by atomic mass is 9.86. The first-order valence-electron chi connectivity index (χ1n) is 16.5. The van der Waals surface area contributed by atoms with Crippen molar-refractivity contribution in [2.75, 3.05) is 9.80 Å². The fourth-order valence-electron chi connectivity index (χ4n) is 6.41. The molecule has 0 aliphatic heterocycles. The van der Waals surface area contributed by atoms with Crippen molar-refractivity contribution in [2.24, 2.45) is 0 Å². The highest BCUT2D eigenvalue weighted by atomic mass is 35.5. The first-order valence-corrected chi connectivity index (χ1v) is 17.2. The molecule has 1 aromatic heterocycles. The Hall–Kier alpha value is -4.96. The van der Waals surface area contributed by atoms with Gasteiger partial charge >= 0.3 is 0 Å². The molecule has 3 nitrogen and oxygen atoms in total. The van der Waals surface area contributed by atoms with Gasteiger partial charge in [0.25, 0.3) is 0 Å². The van der Waals surface area contributed by atoms with E-state index in [0.717, 1.165) is 73.1 Å². The highest BCUT2D eigenvalue weighted by molar-refractivity contribution is 6.44. The summed E-state index contributed by atoms with van der Waals surface area (Å²) in [6.45, 7) is 10.9. The maximum absolute atomic E-state index is 7.11. The summed E-state index contributed by atoms with van der Waals surface area (Å²) in [4.78, 5) is 4.53. The quantitative estimate of drug-likeness (QED) is 0.167. The van der Waals surface area contributed by atoms with E-state index < -0.39 is 0 Å². The predicted molar refractivity (Wildman–Crippen MR) is 209 cm³/mol. The second-order valence-corrected chi connectivity index (χ2v) is 14.3. The van der Waals surface area contributed by atoms with Gasteiger partial charge in [0.15, 0.2) is 0 Å². The monoisotopic (exact) mass is 680 g/mol. The molecule has 0 aliphatic rings. The minimum Gasteiger partial charge on any atom is -0.456 e. The van der Waals surface area contributed by atoms with Gasteiger partial charge < -0.3 is 14.2 Å². The van der Waals surface area contributed by atoms with Crippen LogP contribution in [-0.4, -0.2) is 0 Å². The first kappa shape index (κ1) is 32.6. The van der Waals surface area contributed by atoms with Crippen molar-refractivity contribution in [3.63, 3.8) is 0 Å². The van der Waals surface area contributed by atoms with Gasteiger partial charge in [-0.25, -0.2) is 0 Å². The van der Waals surface area contributed by atoms with Gasteiger partial charge in [0, 0.05) is 33.7 Å². The largest absolute Gasteiger partial charge is 0.456 e. The number of aryl methyl sites for hydroxylation is 2. The lowest BCUT2D eigenvalue weighted by Crippen LogP contribution is -2.17. The fraction of sp³-hybridized carbons (Fsp3) is 0.136. The lowest BCUT2D eigenvalue weighted by molar-refractivity contribution is 0.590. The molecule has 0 unspecified atom stereocenters. The van der Waals surface area contributed by atoms with Crippen LogP contribution in [0.1, 0.15) is 37.5 Å². The Kier molecular flexibility index (Phi) is 8.75. The van der Waals surface area contributed by atoms with Gasteiger partial charge in [0.05, 0.1) is 21.4 Å². The highest BCUT2D eigenvalue weighted by Gasteiger charge is 2.25. The Bertz CT molecular complexity index is 2210. The summed E-state index contributed by atoms with van der Waals surface area (Å²) in [6.07, 6.45) is 0. The molecular formula is C44H38Cl2N2O. The zero-order valence-corrected chi connectivity index (χ0v) is 29.8. The van der Waals surface area contributed by atoms with Gasteiger partial charge in [-0.1, -0.05) is 105 Å². The van der Waals surface area contributed by atoms with Gasteiger partial charge in [0.1, 0.15) is 11.3 Å². The molecule has 1 heterocycles. The van der Waals surface area contributed by atoms with Crippen molar-refractivity contribution < 1.29 is 4.42 Å². The molecule has 7 rings (SSSR count). The number of nitrogens with zero attached hydrogens (tertiary/aromatic N) is 2. The number of halogens is 2. The van der Waals surface area contributed by atoms with E-state index in [2.05, 4.69) is 154 Å². The van der Waals surface area contributed by atoms with E-state index in [1.54, 1.807) is 0 Å². The summed E-state index contributed by atoms with van der Waals surface area (Å²) in [6, 6.07) is 48.3.